The molecule has 2 aromatic rings. The molecule has 0 aliphatic heterocycles. The molecule has 116 valence electrons. The summed E-state index contributed by atoms with van der Waals surface area (Å²) >= 11 is 1.35. The normalized spacial score (nSPS) is 13.2. The fourth-order valence-electron chi connectivity index (χ4n) is 1.98. The van der Waals surface area contributed by atoms with Crippen LogP contribution in [0.4, 0.5) is 5.13 Å². The molecule has 0 spiro atoms. The van der Waals surface area contributed by atoms with Gasteiger partial charge < -0.3 is 10.6 Å². The lowest BCUT2D eigenvalue weighted by atomic mass is 9.98. The molecule has 0 aliphatic rings. The Hall–Kier alpha value is -2.21. The Morgan fingerprint density at radius 2 is 2.00 bits per heavy atom. The maximum atomic E-state index is 12.4. The number of carbonyl (C=O) groups is 2. The highest BCUT2D eigenvalue weighted by atomic mass is 32.1. The second kappa shape index (κ2) is 7.70. The molecule has 22 heavy (non-hydrogen) atoms. The van der Waals surface area contributed by atoms with E-state index in [1.807, 2.05) is 19.9 Å². The van der Waals surface area contributed by atoms with Crippen LogP contribution in [0.3, 0.4) is 0 Å². The van der Waals surface area contributed by atoms with Crippen LogP contribution in [-0.2, 0) is 4.79 Å². The van der Waals surface area contributed by atoms with Gasteiger partial charge in [0.05, 0.1) is 0 Å². The molecule has 1 aromatic carbocycles. The number of rotatable bonds is 6. The van der Waals surface area contributed by atoms with Gasteiger partial charge in [0.15, 0.2) is 5.13 Å². The smallest absolute Gasteiger partial charge is 0.251 e. The summed E-state index contributed by atoms with van der Waals surface area (Å²) in [6, 6.07) is 8.29. The number of thiazole rings is 1. The van der Waals surface area contributed by atoms with Crippen molar-refractivity contribution in [1.82, 2.24) is 10.3 Å². The highest BCUT2D eigenvalue weighted by molar-refractivity contribution is 7.13. The van der Waals surface area contributed by atoms with Crippen molar-refractivity contribution >= 4 is 28.3 Å². The molecule has 1 heterocycles. The molecule has 0 bridgehead atoms. The summed E-state index contributed by atoms with van der Waals surface area (Å²) in [5.74, 6) is -0.471. The fraction of sp³-hybridized carbons (Fsp3) is 0.312. The summed E-state index contributed by atoms with van der Waals surface area (Å²) in [6.45, 7) is 3.93. The van der Waals surface area contributed by atoms with Gasteiger partial charge in [0.25, 0.3) is 5.91 Å². The largest absolute Gasteiger partial charge is 0.340 e. The molecule has 2 N–H and O–H groups in total. The van der Waals surface area contributed by atoms with Gasteiger partial charge in [-0.15, -0.1) is 11.3 Å². The van der Waals surface area contributed by atoms with Crippen LogP contribution in [0.5, 0.6) is 0 Å². The van der Waals surface area contributed by atoms with Crippen LogP contribution in [0.1, 0.15) is 30.6 Å². The van der Waals surface area contributed by atoms with E-state index in [0.717, 1.165) is 6.42 Å². The fourth-order valence-corrected chi connectivity index (χ4v) is 2.52. The number of amides is 2. The third-order valence-electron chi connectivity index (χ3n) is 3.48. The van der Waals surface area contributed by atoms with Gasteiger partial charge in [-0.25, -0.2) is 4.98 Å². The zero-order valence-electron chi connectivity index (χ0n) is 12.6. The van der Waals surface area contributed by atoms with Gasteiger partial charge >= 0.3 is 0 Å². The first-order valence-corrected chi connectivity index (χ1v) is 8.06. The van der Waals surface area contributed by atoms with Crippen LogP contribution in [-0.4, -0.2) is 22.8 Å². The van der Waals surface area contributed by atoms with Gasteiger partial charge in [0.2, 0.25) is 5.91 Å². The predicted molar refractivity (Wildman–Crippen MR) is 87.9 cm³/mol. The molecule has 1 aromatic heterocycles. The molecule has 0 saturated carbocycles. The summed E-state index contributed by atoms with van der Waals surface area (Å²) in [5.41, 5.74) is 0.540. The lowest BCUT2D eigenvalue weighted by molar-refractivity contribution is -0.119. The van der Waals surface area contributed by atoms with E-state index in [-0.39, 0.29) is 17.7 Å². The van der Waals surface area contributed by atoms with Crippen LogP contribution in [0.2, 0.25) is 0 Å². The first-order chi connectivity index (χ1) is 10.6. The Balaban J connectivity index is 2.09. The van der Waals surface area contributed by atoms with Crippen LogP contribution < -0.4 is 10.6 Å². The zero-order valence-corrected chi connectivity index (χ0v) is 13.4. The van der Waals surface area contributed by atoms with Crippen LogP contribution in [0, 0.1) is 5.92 Å². The Bertz CT molecular complexity index is 614. The molecule has 2 amide bonds. The molecule has 5 nitrogen and oxygen atoms in total. The standard InChI is InChI=1S/C16H19N3O2S/c1-3-11(2)13(15(21)19-16-17-9-10-22-16)18-14(20)12-7-5-4-6-8-12/h4-11,13H,3H2,1-2H3,(H,18,20)(H,17,19,21)/t11-,13-/m1/s1. The number of carbonyl (C=O) groups excluding carboxylic acids is 2. The average Bonchev–Trinajstić information content (AvgIpc) is 3.05. The number of nitrogens with one attached hydrogen (secondary N) is 2. The van der Waals surface area contributed by atoms with Crippen molar-refractivity contribution < 1.29 is 9.59 Å². The minimum Gasteiger partial charge on any atom is -0.340 e. The number of benzene rings is 1. The van der Waals surface area contributed by atoms with E-state index in [1.165, 1.54) is 11.3 Å². The summed E-state index contributed by atoms with van der Waals surface area (Å²) in [6.07, 6.45) is 2.41. The van der Waals surface area contributed by atoms with Crippen LogP contribution in [0.25, 0.3) is 0 Å². The van der Waals surface area contributed by atoms with Gasteiger partial charge in [-0.2, -0.15) is 0 Å². The van der Waals surface area contributed by atoms with Gasteiger partial charge in [0.1, 0.15) is 6.04 Å². The maximum Gasteiger partial charge on any atom is 0.251 e. The van der Waals surface area contributed by atoms with E-state index in [2.05, 4.69) is 15.6 Å². The minimum absolute atomic E-state index is 0.0209. The molecular weight excluding hydrogens is 298 g/mol. The lowest BCUT2D eigenvalue weighted by Crippen LogP contribution is -2.47. The van der Waals surface area contributed by atoms with Gasteiger partial charge in [0, 0.05) is 17.1 Å². The maximum absolute atomic E-state index is 12.4. The third kappa shape index (κ3) is 4.14. The molecule has 0 unspecified atom stereocenters. The second-order valence-electron chi connectivity index (χ2n) is 5.03. The van der Waals surface area contributed by atoms with Gasteiger partial charge in [-0.05, 0) is 18.1 Å². The number of nitrogens with zero attached hydrogens (tertiary/aromatic N) is 1. The van der Waals surface area contributed by atoms with Crippen molar-refractivity contribution in [2.24, 2.45) is 5.92 Å². The molecule has 0 fully saturated rings. The molecule has 0 aliphatic carbocycles. The van der Waals surface area contributed by atoms with Crippen molar-refractivity contribution in [3.63, 3.8) is 0 Å². The zero-order chi connectivity index (χ0) is 15.9. The molecule has 0 radical (unpaired) electrons. The predicted octanol–water partition coefficient (Wildman–Crippen LogP) is 2.93. The van der Waals surface area contributed by atoms with Crippen molar-refractivity contribution in [3.8, 4) is 0 Å². The topological polar surface area (TPSA) is 71.1 Å². The summed E-state index contributed by atoms with van der Waals surface area (Å²) < 4.78 is 0. The van der Waals surface area contributed by atoms with Gasteiger partial charge in [-0.3, -0.25) is 9.59 Å². The minimum atomic E-state index is -0.596. The Labute approximate surface area is 133 Å². The Kier molecular flexibility index (Phi) is 5.66. The van der Waals surface area contributed by atoms with E-state index in [1.54, 1.807) is 35.8 Å². The van der Waals surface area contributed by atoms with Crippen LogP contribution in [0.15, 0.2) is 41.9 Å². The summed E-state index contributed by atoms with van der Waals surface area (Å²) in [7, 11) is 0. The highest BCUT2D eigenvalue weighted by Gasteiger charge is 2.26. The number of aromatic nitrogens is 1. The number of hydrogen-bond acceptors (Lipinski definition) is 4. The van der Waals surface area contributed by atoms with Crippen molar-refractivity contribution in [3.05, 3.63) is 47.5 Å². The van der Waals surface area contributed by atoms with E-state index in [9.17, 15) is 9.59 Å². The third-order valence-corrected chi connectivity index (χ3v) is 4.17. The SMILES string of the molecule is CC[C@@H](C)[C@@H](NC(=O)c1ccccc1)C(=O)Nc1nccs1. The lowest BCUT2D eigenvalue weighted by Gasteiger charge is -2.23. The monoisotopic (exact) mass is 317 g/mol. The second-order valence-corrected chi connectivity index (χ2v) is 5.92. The highest BCUT2D eigenvalue weighted by Crippen LogP contribution is 2.15. The van der Waals surface area contributed by atoms with Crippen LogP contribution >= 0.6 is 11.3 Å². The Morgan fingerprint density at radius 3 is 2.59 bits per heavy atom. The average molecular weight is 317 g/mol. The first kappa shape index (κ1) is 16.2. The van der Waals surface area contributed by atoms with Crippen molar-refractivity contribution in [1.29, 1.82) is 0 Å². The van der Waals surface area contributed by atoms with Crippen molar-refractivity contribution in [2.75, 3.05) is 5.32 Å². The molecule has 2 atom stereocenters. The van der Waals surface area contributed by atoms with Crippen molar-refractivity contribution in [2.45, 2.75) is 26.3 Å². The number of hydrogen-bond donors (Lipinski definition) is 2. The quantitative estimate of drug-likeness (QED) is 0.860. The first-order valence-electron chi connectivity index (χ1n) is 7.18. The van der Waals surface area contributed by atoms with Gasteiger partial charge in [-0.1, -0.05) is 38.5 Å². The van der Waals surface area contributed by atoms with E-state index in [4.69, 9.17) is 0 Å². The number of anilines is 1. The van der Waals surface area contributed by atoms with E-state index < -0.39 is 6.04 Å². The van der Waals surface area contributed by atoms with E-state index >= 15 is 0 Å². The Morgan fingerprint density at radius 1 is 1.27 bits per heavy atom. The molecule has 0 saturated heterocycles. The molecular formula is C16H19N3O2S. The molecule has 2 rings (SSSR count). The summed E-state index contributed by atoms with van der Waals surface area (Å²) in [4.78, 5) is 28.7. The summed E-state index contributed by atoms with van der Waals surface area (Å²) in [5, 5.41) is 7.89. The van der Waals surface area contributed by atoms with E-state index in [0.29, 0.717) is 10.7 Å². The molecule has 6 heteroatoms.